The summed E-state index contributed by atoms with van der Waals surface area (Å²) in [6.45, 7) is 7.95. The first-order valence-corrected chi connectivity index (χ1v) is 9.94. The van der Waals surface area contributed by atoms with Crippen LogP contribution >= 0.6 is 0 Å². The van der Waals surface area contributed by atoms with Crippen molar-refractivity contribution in [2.24, 2.45) is 4.36 Å². The van der Waals surface area contributed by atoms with Gasteiger partial charge in [-0.2, -0.15) is 9.46 Å². The molecule has 0 radical (unpaired) electrons. The molecule has 1 N–H and O–H groups in total. The van der Waals surface area contributed by atoms with E-state index in [4.69, 9.17) is 0 Å². The van der Waals surface area contributed by atoms with Gasteiger partial charge in [0.25, 0.3) is 5.91 Å². The largest absolute Gasteiger partial charge is 0.307 e. The van der Waals surface area contributed by atoms with Crippen molar-refractivity contribution >= 4 is 27.1 Å². The molecule has 0 aliphatic carbocycles. The molecule has 1 heterocycles. The third-order valence-electron chi connectivity index (χ3n) is 3.14. The van der Waals surface area contributed by atoms with E-state index in [0.29, 0.717) is 17.1 Å². The van der Waals surface area contributed by atoms with E-state index in [1.165, 1.54) is 0 Å². The molecule has 0 unspecified atom stereocenters. The van der Waals surface area contributed by atoms with Crippen molar-refractivity contribution in [1.82, 2.24) is 9.78 Å². The van der Waals surface area contributed by atoms with Crippen LogP contribution in [0.15, 0.2) is 34.7 Å². The topological polar surface area (TPSA) is 76.3 Å². The van der Waals surface area contributed by atoms with Crippen LogP contribution in [0.25, 0.3) is 0 Å². The van der Waals surface area contributed by atoms with Gasteiger partial charge in [0.15, 0.2) is 0 Å². The predicted molar refractivity (Wildman–Crippen MR) is 98.4 cm³/mol. The molecule has 1 amide bonds. The highest BCUT2D eigenvalue weighted by Gasteiger charge is 2.20. The zero-order valence-electron chi connectivity index (χ0n) is 15.0. The van der Waals surface area contributed by atoms with Gasteiger partial charge >= 0.3 is 0 Å². The van der Waals surface area contributed by atoms with E-state index in [1.54, 1.807) is 41.5 Å². The maximum Gasteiger partial charge on any atom is 0.256 e. The second kappa shape index (κ2) is 6.39. The molecule has 0 bridgehead atoms. The molecule has 0 saturated heterocycles. The number of nitrogens with zero attached hydrogens (tertiary/aromatic N) is 3. The third-order valence-corrected chi connectivity index (χ3v) is 3.79. The van der Waals surface area contributed by atoms with E-state index < -0.39 is 9.73 Å². The second-order valence-electron chi connectivity index (χ2n) is 7.03. The quantitative estimate of drug-likeness (QED) is 0.921. The molecule has 1 aromatic carbocycles. The lowest BCUT2D eigenvalue weighted by Crippen LogP contribution is -2.26. The van der Waals surface area contributed by atoms with Crippen molar-refractivity contribution in [1.29, 1.82) is 0 Å². The lowest BCUT2D eigenvalue weighted by atomic mass is 10.1. The molecule has 0 aliphatic rings. The number of hydrogen-bond acceptors (Lipinski definition) is 4. The van der Waals surface area contributed by atoms with Crippen LogP contribution in [-0.2, 0) is 15.3 Å². The van der Waals surface area contributed by atoms with Gasteiger partial charge in [0, 0.05) is 33.9 Å². The maximum atomic E-state index is 12.6. The molecule has 2 aromatic rings. The van der Waals surface area contributed by atoms with E-state index in [-0.39, 0.29) is 11.4 Å². The van der Waals surface area contributed by atoms with Crippen LogP contribution in [0.3, 0.4) is 0 Å². The molecule has 6 nitrogen and oxygen atoms in total. The van der Waals surface area contributed by atoms with E-state index in [9.17, 15) is 9.00 Å². The molecule has 2 rings (SSSR count). The first kappa shape index (κ1) is 18.2. The van der Waals surface area contributed by atoms with Gasteiger partial charge in [-0.05, 0) is 45.9 Å². The van der Waals surface area contributed by atoms with Gasteiger partial charge < -0.3 is 5.32 Å². The molecule has 0 aliphatic heterocycles. The summed E-state index contributed by atoms with van der Waals surface area (Å²) >= 11 is 0. The summed E-state index contributed by atoms with van der Waals surface area (Å²) in [6.07, 6.45) is 3.12. The number of aryl methyl sites for hydroxylation is 1. The molecule has 7 heteroatoms. The normalized spacial score (nSPS) is 12.1. The number of carbonyl (C=O) groups is 1. The number of amides is 1. The molecule has 24 heavy (non-hydrogen) atoms. The van der Waals surface area contributed by atoms with E-state index in [1.807, 2.05) is 33.8 Å². The van der Waals surface area contributed by atoms with E-state index in [2.05, 4.69) is 14.8 Å². The fourth-order valence-corrected chi connectivity index (χ4v) is 2.87. The third kappa shape index (κ3) is 4.67. The van der Waals surface area contributed by atoms with Crippen molar-refractivity contribution < 1.29 is 9.00 Å². The average Bonchev–Trinajstić information content (AvgIpc) is 2.78. The summed E-state index contributed by atoms with van der Waals surface area (Å²) in [7, 11) is -2.27. The molecular weight excluding hydrogens is 324 g/mol. The Bertz CT molecular complexity index is 876. The summed E-state index contributed by atoms with van der Waals surface area (Å²) in [6, 6.07) is 8.62. The van der Waals surface area contributed by atoms with Gasteiger partial charge in [-0.25, -0.2) is 8.89 Å². The monoisotopic (exact) mass is 348 g/mol. The molecule has 1 aromatic heterocycles. The van der Waals surface area contributed by atoms with Gasteiger partial charge in [0.2, 0.25) is 0 Å². The second-order valence-corrected chi connectivity index (χ2v) is 9.58. The van der Waals surface area contributed by atoms with Gasteiger partial charge in [0.1, 0.15) is 5.82 Å². The zero-order chi connectivity index (χ0) is 18.1. The minimum absolute atomic E-state index is 0.246. The minimum atomic E-state index is -2.27. The van der Waals surface area contributed by atoms with Crippen molar-refractivity contribution in [2.45, 2.75) is 33.2 Å². The number of carbonyl (C=O) groups excluding carboxylic acids is 1. The molecule has 130 valence electrons. The number of anilines is 1. The fraction of sp³-hybridized carbons (Fsp3) is 0.412. The average molecular weight is 348 g/mol. The van der Waals surface area contributed by atoms with Crippen molar-refractivity contribution in [3.63, 3.8) is 0 Å². The Kier molecular flexibility index (Phi) is 4.85. The van der Waals surface area contributed by atoms with E-state index >= 15 is 0 Å². The highest BCUT2D eigenvalue weighted by atomic mass is 32.2. The van der Waals surface area contributed by atoms with Crippen molar-refractivity contribution in [2.75, 3.05) is 17.8 Å². The highest BCUT2D eigenvalue weighted by Crippen LogP contribution is 2.22. The molecule has 0 fully saturated rings. The lowest BCUT2D eigenvalue weighted by Gasteiger charge is -2.22. The molecule has 0 spiro atoms. The summed E-state index contributed by atoms with van der Waals surface area (Å²) in [4.78, 5) is 12.6. The Labute approximate surface area is 143 Å². The Hall–Kier alpha value is -2.15. The van der Waals surface area contributed by atoms with Crippen LogP contribution in [0.1, 0.15) is 36.8 Å². The Balaban J connectivity index is 2.32. The smallest absolute Gasteiger partial charge is 0.256 e. The predicted octanol–water partition coefficient (Wildman–Crippen LogP) is 3.56. The van der Waals surface area contributed by atoms with Crippen LogP contribution < -0.4 is 5.32 Å². The Morgan fingerprint density at radius 2 is 1.92 bits per heavy atom. The fourth-order valence-electron chi connectivity index (χ4n) is 2.25. The van der Waals surface area contributed by atoms with Crippen LogP contribution in [0, 0.1) is 6.92 Å². The zero-order valence-corrected chi connectivity index (χ0v) is 15.8. The maximum absolute atomic E-state index is 12.6. The lowest BCUT2D eigenvalue weighted by molar-refractivity contribution is 0.102. The number of nitrogens with one attached hydrogen (secondary N) is 1. The number of hydrogen-bond donors (Lipinski definition) is 1. The van der Waals surface area contributed by atoms with Crippen LogP contribution in [0.4, 0.5) is 11.5 Å². The number of aromatic nitrogens is 2. The first-order chi connectivity index (χ1) is 11.0. The van der Waals surface area contributed by atoms with Crippen LogP contribution in [-0.4, -0.2) is 32.4 Å². The van der Waals surface area contributed by atoms with E-state index in [0.717, 1.165) is 5.69 Å². The molecule has 0 saturated carbocycles. The molecular formula is C17H24N4O2S. The van der Waals surface area contributed by atoms with Crippen molar-refractivity contribution in [3.05, 3.63) is 41.6 Å². The van der Waals surface area contributed by atoms with Gasteiger partial charge in [-0.1, -0.05) is 6.07 Å². The van der Waals surface area contributed by atoms with Gasteiger partial charge in [-0.15, -0.1) is 0 Å². The Morgan fingerprint density at radius 3 is 2.50 bits per heavy atom. The Morgan fingerprint density at radius 1 is 1.25 bits per heavy atom. The summed E-state index contributed by atoms with van der Waals surface area (Å²) in [5, 5.41) is 7.33. The summed E-state index contributed by atoms with van der Waals surface area (Å²) in [5.74, 6) is 0.387. The SMILES string of the molecule is Cc1cc(NC(=O)c2cccc(N=S(C)(C)=O)c2)n(C(C)(C)C)n1. The standard InChI is InChI=1S/C17H24N4O2S/c1-12-10-15(21(19-12)17(2,3)4)18-16(22)13-8-7-9-14(11-13)20-24(5,6)23/h7-11H,1-6H3,(H,18,22). The van der Waals surface area contributed by atoms with Crippen LogP contribution in [0.2, 0.25) is 0 Å². The number of benzene rings is 1. The highest BCUT2D eigenvalue weighted by molar-refractivity contribution is 7.92. The summed E-state index contributed by atoms with van der Waals surface area (Å²) < 4.78 is 17.7. The number of rotatable bonds is 3. The molecule has 0 atom stereocenters. The van der Waals surface area contributed by atoms with Crippen LogP contribution in [0.5, 0.6) is 0 Å². The van der Waals surface area contributed by atoms with Gasteiger partial charge in [-0.3, -0.25) is 4.79 Å². The first-order valence-electron chi connectivity index (χ1n) is 7.61. The minimum Gasteiger partial charge on any atom is -0.307 e. The van der Waals surface area contributed by atoms with Gasteiger partial charge in [0.05, 0.1) is 16.9 Å². The van der Waals surface area contributed by atoms with Crippen molar-refractivity contribution in [3.8, 4) is 0 Å². The summed E-state index contributed by atoms with van der Waals surface area (Å²) in [5.41, 5.74) is 1.57.